The third kappa shape index (κ3) is 2.49. The minimum Gasteiger partial charge on any atom is -0.392 e. The molecule has 5 heteroatoms. The van der Waals surface area contributed by atoms with Gasteiger partial charge in [-0.2, -0.15) is 0 Å². The third-order valence-electron chi connectivity index (χ3n) is 1.51. The summed E-state index contributed by atoms with van der Waals surface area (Å²) in [5.41, 5.74) is 0. The van der Waals surface area contributed by atoms with Gasteiger partial charge in [-0.25, -0.2) is 8.42 Å². The van der Waals surface area contributed by atoms with Crippen molar-refractivity contribution in [2.24, 2.45) is 5.16 Å². The van der Waals surface area contributed by atoms with Gasteiger partial charge in [-0.05, 0) is 6.92 Å². The molecule has 1 rings (SSSR count). The fraction of sp³-hybridized carbons (Fsp3) is 0.833. The molecule has 1 aliphatic rings. The van der Waals surface area contributed by atoms with Crippen LogP contribution in [0.5, 0.6) is 0 Å². The number of hydrogen-bond donors (Lipinski definition) is 0. The Morgan fingerprint density at radius 3 is 2.82 bits per heavy atom. The van der Waals surface area contributed by atoms with Gasteiger partial charge in [0, 0.05) is 12.6 Å². The van der Waals surface area contributed by atoms with Gasteiger partial charge in [0.05, 0.1) is 11.5 Å². The molecule has 1 atom stereocenters. The van der Waals surface area contributed by atoms with E-state index < -0.39 is 9.84 Å². The van der Waals surface area contributed by atoms with Gasteiger partial charge in [0.2, 0.25) is 0 Å². The summed E-state index contributed by atoms with van der Waals surface area (Å²) >= 11 is 0. The van der Waals surface area contributed by atoms with Gasteiger partial charge in [-0.3, -0.25) is 0 Å². The summed E-state index contributed by atoms with van der Waals surface area (Å²) < 4.78 is 21.7. The molecule has 0 amide bonds. The molecule has 0 aliphatic carbocycles. The van der Waals surface area contributed by atoms with Crippen molar-refractivity contribution in [1.82, 2.24) is 0 Å². The quantitative estimate of drug-likeness (QED) is 0.447. The first-order valence-electron chi connectivity index (χ1n) is 3.48. The Hall–Kier alpha value is -0.580. The van der Waals surface area contributed by atoms with E-state index >= 15 is 0 Å². The highest BCUT2D eigenvalue weighted by Gasteiger charge is 2.29. The average Bonchev–Trinajstić information content (AvgIpc) is 2.26. The molecular weight excluding hydrogens is 166 g/mol. The van der Waals surface area contributed by atoms with Crippen molar-refractivity contribution in [3.8, 4) is 0 Å². The summed E-state index contributed by atoms with van der Waals surface area (Å²) in [5, 5.41) is 3.53. The smallest absolute Gasteiger partial charge is 0.154 e. The molecular formula is C6H11NO3S. The van der Waals surface area contributed by atoms with Crippen molar-refractivity contribution in [2.45, 2.75) is 19.4 Å². The lowest BCUT2D eigenvalue weighted by Gasteiger charge is -2.02. The molecule has 0 radical (unpaired) electrons. The number of hydrogen-bond acceptors (Lipinski definition) is 4. The normalized spacial score (nSPS) is 29.4. The molecule has 1 fully saturated rings. The van der Waals surface area contributed by atoms with Gasteiger partial charge >= 0.3 is 0 Å². The Morgan fingerprint density at radius 1 is 1.64 bits per heavy atom. The number of oxime groups is 1. The predicted octanol–water partition coefficient (Wildman–Crippen LogP) is 0.196. The Labute approximate surface area is 66.1 Å². The maximum atomic E-state index is 10.9. The molecule has 0 N–H and O–H groups in total. The van der Waals surface area contributed by atoms with Crippen molar-refractivity contribution < 1.29 is 13.3 Å². The van der Waals surface area contributed by atoms with Crippen LogP contribution in [-0.4, -0.2) is 32.2 Å². The molecule has 11 heavy (non-hydrogen) atoms. The van der Waals surface area contributed by atoms with E-state index in [1.54, 1.807) is 6.92 Å². The van der Waals surface area contributed by atoms with Gasteiger partial charge in [0.15, 0.2) is 9.84 Å². The fourth-order valence-electron chi connectivity index (χ4n) is 0.991. The van der Waals surface area contributed by atoms with Gasteiger partial charge in [-0.1, -0.05) is 5.16 Å². The molecule has 0 bridgehead atoms. The van der Waals surface area contributed by atoms with E-state index in [2.05, 4.69) is 5.16 Å². The maximum Gasteiger partial charge on any atom is 0.154 e. The Morgan fingerprint density at radius 2 is 2.36 bits per heavy atom. The van der Waals surface area contributed by atoms with Gasteiger partial charge in [0.25, 0.3) is 0 Å². The summed E-state index contributed by atoms with van der Waals surface area (Å²) in [4.78, 5) is 4.88. The van der Waals surface area contributed by atoms with Crippen LogP contribution < -0.4 is 0 Å². The van der Waals surface area contributed by atoms with E-state index in [1.807, 2.05) is 0 Å². The highest BCUT2D eigenvalue weighted by atomic mass is 32.2. The lowest BCUT2D eigenvalue weighted by atomic mass is 10.3. The van der Waals surface area contributed by atoms with Crippen molar-refractivity contribution in [3.05, 3.63) is 0 Å². The molecule has 0 spiro atoms. The Kier molecular flexibility index (Phi) is 2.49. The largest absolute Gasteiger partial charge is 0.392 e. The monoisotopic (exact) mass is 177 g/mol. The molecule has 0 aromatic rings. The molecule has 0 aromatic heterocycles. The van der Waals surface area contributed by atoms with Crippen LogP contribution in [0.1, 0.15) is 13.3 Å². The van der Waals surface area contributed by atoms with Crippen LogP contribution in [0.3, 0.4) is 0 Å². The van der Waals surface area contributed by atoms with Crippen molar-refractivity contribution >= 4 is 16.1 Å². The Balaban J connectivity index is 2.43. The number of rotatable bonds is 2. The molecule has 1 saturated heterocycles. The number of nitrogens with zero attached hydrogens (tertiary/aromatic N) is 1. The van der Waals surface area contributed by atoms with E-state index in [0.717, 1.165) is 0 Å². The molecule has 64 valence electrons. The zero-order chi connectivity index (χ0) is 8.32. The van der Waals surface area contributed by atoms with E-state index in [4.69, 9.17) is 4.84 Å². The first-order valence-corrected chi connectivity index (χ1v) is 5.30. The van der Waals surface area contributed by atoms with Gasteiger partial charge < -0.3 is 4.84 Å². The second kappa shape index (κ2) is 3.21. The van der Waals surface area contributed by atoms with Crippen LogP contribution in [0.2, 0.25) is 0 Å². The van der Waals surface area contributed by atoms with Crippen LogP contribution in [0.25, 0.3) is 0 Å². The lowest BCUT2D eigenvalue weighted by molar-refractivity contribution is 0.0788. The molecule has 4 nitrogen and oxygen atoms in total. The predicted molar refractivity (Wildman–Crippen MR) is 42.3 cm³/mol. The first-order chi connectivity index (χ1) is 5.14. The Bertz CT molecular complexity index is 245. The zero-order valence-electron chi connectivity index (χ0n) is 6.36. The maximum absolute atomic E-state index is 10.9. The van der Waals surface area contributed by atoms with E-state index in [-0.39, 0.29) is 17.6 Å². The van der Waals surface area contributed by atoms with Crippen LogP contribution >= 0.6 is 0 Å². The van der Waals surface area contributed by atoms with Crippen molar-refractivity contribution in [3.63, 3.8) is 0 Å². The summed E-state index contributed by atoms with van der Waals surface area (Å²) in [6.07, 6.45) is 1.85. The zero-order valence-corrected chi connectivity index (χ0v) is 7.17. The minimum atomic E-state index is -2.82. The fourth-order valence-corrected chi connectivity index (χ4v) is 2.57. The van der Waals surface area contributed by atoms with Crippen molar-refractivity contribution in [2.75, 3.05) is 11.5 Å². The molecule has 1 unspecified atom stereocenters. The second-order valence-electron chi connectivity index (χ2n) is 2.49. The highest BCUT2D eigenvalue weighted by molar-refractivity contribution is 7.91. The second-order valence-corrected chi connectivity index (χ2v) is 4.72. The van der Waals surface area contributed by atoms with E-state index in [0.29, 0.717) is 6.42 Å². The van der Waals surface area contributed by atoms with Gasteiger partial charge in [-0.15, -0.1) is 0 Å². The van der Waals surface area contributed by atoms with E-state index in [9.17, 15) is 8.42 Å². The van der Waals surface area contributed by atoms with Crippen LogP contribution in [0.15, 0.2) is 5.16 Å². The highest BCUT2D eigenvalue weighted by Crippen LogP contribution is 2.14. The average molecular weight is 177 g/mol. The SMILES string of the molecule is CC=NOC1CCS(=O)(=O)C1. The standard InChI is InChI=1S/C6H11NO3S/c1-2-7-10-6-3-4-11(8,9)5-6/h2,6H,3-5H2,1H3. The van der Waals surface area contributed by atoms with Crippen LogP contribution in [0, 0.1) is 0 Å². The lowest BCUT2D eigenvalue weighted by Crippen LogP contribution is -2.11. The summed E-state index contributed by atoms with van der Waals surface area (Å²) in [5.74, 6) is 0.348. The van der Waals surface area contributed by atoms with Crippen molar-refractivity contribution in [1.29, 1.82) is 0 Å². The minimum absolute atomic E-state index is 0.115. The summed E-state index contributed by atoms with van der Waals surface area (Å²) in [6.45, 7) is 1.73. The molecule has 1 heterocycles. The number of sulfone groups is 1. The third-order valence-corrected chi connectivity index (χ3v) is 3.24. The first kappa shape index (κ1) is 8.52. The molecule has 0 aromatic carbocycles. The van der Waals surface area contributed by atoms with Gasteiger partial charge in [0.1, 0.15) is 6.10 Å². The van der Waals surface area contributed by atoms with Crippen LogP contribution in [0.4, 0.5) is 0 Å². The van der Waals surface area contributed by atoms with Crippen LogP contribution in [-0.2, 0) is 14.7 Å². The summed E-state index contributed by atoms with van der Waals surface area (Å²) in [6, 6.07) is 0. The molecule has 1 aliphatic heterocycles. The van der Waals surface area contributed by atoms with E-state index in [1.165, 1.54) is 6.21 Å². The topological polar surface area (TPSA) is 55.7 Å². The summed E-state index contributed by atoms with van der Waals surface area (Å²) in [7, 11) is -2.82. The molecule has 0 saturated carbocycles.